The smallest absolute Gasteiger partial charge is 0.344 e. The highest BCUT2D eigenvalue weighted by Gasteiger charge is 2.37. The van der Waals surface area contributed by atoms with Gasteiger partial charge < -0.3 is 10.6 Å². The first-order valence-electron chi connectivity index (χ1n) is 13.5. The second-order valence-electron chi connectivity index (χ2n) is 10.5. The fraction of sp³-hybridized carbons (Fsp3) is 0.300. The molecule has 0 spiro atoms. The van der Waals surface area contributed by atoms with Gasteiger partial charge in [-0.15, -0.1) is 0 Å². The second kappa shape index (κ2) is 10.6. The second-order valence-corrected chi connectivity index (χ2v) is 10.5. The van der Waals surface area contributed by atoms with Crippen molar-refractivity contribution in [2.24, 2.45) is 0 Å². The molecule has 2 aliphatic rings. The summed E-state index contributed by atoms with van der Waals surface area (Å²) in [5.41, 5.74) is 0.820. The summed E-state index contributed by atoms with van der Waals surface area (Å²) in [6, 6.07) is 10.9. The Bertz CT molecular complexity index is 1650. The highest BCUT2D eigenvalue weighted by molar-refractivity contribution is 6.06. The molecule has 0 radical (unpaired) electrons. The molecule has 11 heteroatoms. The van der Waals surface area contributed by atoms with E-state index in [4.69, 9.17) is 5.10 Å². The van der Waals surface area contributed by atoms with Gasteiger partial charge in [-0.25, -0.2) is 9.07 Å². The Kier molecular flexibility index (Phi) is 6.98. The summed E-state index contributed by atoms with van der Waals surface area (Å²) in [5, 5.41) is 12.7. The van der Waals surface area contributed by atoms with Crippen LogP contribution in [0.4, 0.5) is 29.1 Å². The number of allylic oxidation sites excluding steroid dienone is 1. The van der Waals surface area contributed by atoms with E-state index in [-0.39, 0.29) is 11.1 Å². The minimum atomic E-state index is -4.84. The van der Waals surface area contributed by atoms with Crippen LogP contribution in [0.25, 0.3) is 10.8 Å². The van der Waals surface area contributed by atoms with Crippen LogP contribution < -0.4 is 10.6 Å². The fourth-order valence-corrected chi connectivity index (χ4v) is 5.64. The molecule has 2 N–H and O–H groups in total. The maximum Gasteiger partial charge on any atom is 0.419 e. The molecule has 1 saturated heterocycles. The number of aromatic nitrogens is 3. The summed E-state index contributed by atoms with van der Waals surface area (Å²) in [7, 11) is 0. The quantitative estimate of drug-likeness (QED) is 0.271. The molecule has 1 amide bonds. The van der Waals surface area contributed by atoms with Gasteiger partial charge in [-0.05, 0) is 74.1 Å². The summed E-state index contributed by atoms with van der Waals surface area (Å²) in [4.78, 5) is 20.2. The molecule has 41 heavy (non-hydrogen) atoms. The number of hydrogen-bond acceptors (Lipinski definition) is 5. The van der Waals surface area contributed by atoms with Crippen molar-refractivity contribution in [2.45, 2.75) is 44.9 Å². The number of anilines is 2. The van der Waals surface area contributed by atoms with E-state index in [0.29, 0.717) is 29.8 Å². The lowest BCUT2D eigenvalue weighted by molar-refractivity contribution is -0.140. The van der Waals surface area contributed by atoms with Gasteiger partial charge in [0.25, 0.3) is 5.91 Å². The van der Waals surface area contributed by atoms with Gasteiger partial charge in [-0.3, -0.25) is 14.7 Å². The molecule has 7 nitrogen and oxygen atoms in total. The number of pyridine rings is 1. The molecule has 1 atom stereocenters. The fourth-order valence-electron chi connectivity index (χ4n) is 5.64. The van der Waals surface area contributed by atoms with Gasteiger partial charge >= 0.3 is 6.18 Å². The van der Waals surface area contributed by atoms with Gasteiger partial charge in [0, 0.05) is 41.8 Å². The van der Waals surface area contributed by atoms with Crippen LogP contribution in [0.15, 0.2) is 72.2 Å². The summed E-state index contributed by atoms with van der Waals surface area (Å²) in [6.45, 7) is 4.23. The van der Waals surface area contributed by atoms with Crippen molar-refractivity contribution in [2.75, 3.05) is 23.7 Å². The molecule has 1 unspecified atom stereocenters. The third kappa shape index (κ3) is 5.41. The van der Waals surface area contributed by atoms with E-state index in [0.717, 1.165) is 48.5 Å². The van der Waals surface area contributed by atoms with Crippen LogP contribution in [-0.4, -0.2) is 38.7 Å². The lowest BCUT2D eigenvalue weighted by Gasteiger charge is -2.30. The van der Waals surface area contributed by atoms with E-state index in [2.05, 4.69) is 20.5 Å². The predicted octanol–water partition coefficient (Wildman–Crippen LogP) is 6.50. The van der Waals surface area contributed by atoms with E-state index in [1.54, 1.807) is 30.1 Å². The number of carbonyl (C=O) groups is 1. The van der Waals surface area contributed by atoms with Crippen molar-refractivity contribution in [3.05, 3.63) is 94.8 Å². The lowest BCUT2D eigenvalue weighted by atomic mass is 9.93. The number of likely N-dealkylation sites (tertiary alicyclic amines) is 1. The zero-order chi connectivity index (χ0) is 28.7. The van der Waals surface area contributed by atoms with Crippen LogP contribution in [0.1, 0.15) is 49.0 Å². The lowest BCUT2D eigenvalue weighted by Crippen LogP contribution is -2.32. The normalized spacial score (nSPS) is 17.8. The molecule has 1 fully saturated rings. The Hall–Kier alpha value is -4.25. The highest BCUT2D eigenvalue weighted by atomic mass is 19.4. The molecule has 2 aromatic heterocycles. The first kappa shape index (κ1) is 26.9. The van der Waals surface area contributed by atoms with E-state index in [9.17, 15) is 22.4 Å². The van der Waals surface area contributed by atoms with Gasteiger partial charge in [0.2, 0.25) is 0 Å². The number of hydrogen-bond donors (Lipinski definition) is 2. The van der Waals surface area contributed by atoms with Crippen LogP contribution in [0.2, 0.25) is 0 Å². The number of alkyl halides is 3. The minimum Gasteiger partial charge on any atom is -0.344 e. The van der Waals surface area contributed by atoms with Crippen LogP contribution in [-0.2, 0) is 17.5 Å². The van der Waals surface area contributed by atoms with Crippen molar-refractivity contribution in [3.8, 4) is 0 Å². The monoisotopic (exact) mass is 564 g/mol. The molecule has 0 saturated carbocycles. The Labute approximate surface area is 233 Å². The minimum absolute atomic E-state index is 0.181. The van der Waals surface area contributed by atoms with Crippen molar-refractivity contribution in [1.29, 1.82) is 0 Å². The number of rotatable bonds is 5. The molecule has 212 valence electrons. The number of benzene rings is 2. The largest absolute Gasteiger partial charge is 0.419 e. The maximum atomic E-state index is 14.8. The van der Waals surface area contributed by atoms with Gasteiger partial charge in [-0.1, -0.05) is 18.6 Å². The number of halogens is 4. The number of piperidine rings is 1. The van der Waals surface area contributed by atoms with E-state index < -0.39 is 29.5 Å². The first-order chi connectivity index (χ1) is 19.7. The van der Waals surface area contributed by atoms with Crippen molar-refractivity contribution >= 4 is 28.2 Å². The molecular weight excluding hydrogens is 536 g/mol. The Morgan fingerprint density at radius 3 is 2.61 bits per heavy atom. The number of fused-ring (bicyclic) bond motifs is 2. The van der Waals surface area contributed by atoms with Gasteiger partial charge in [0.05, 0.1) is 16.8 Å². The van der Waals surface area contributed by atoms with E-state index in [1.807, 2.05) is 24.3 Å². The average molecular weight is 565 g/mol. The zero-order valence-corrected chi connectivity index (χ0v) is 22.3. The van der Waals surface area contributed by atoms with Gasteiger partial charge in [-0.2, -0.15) is 18.3 Å². The predicted molar refractivity (Wildman–Crippen MR) is 148 cm³/mol. The zero-order valence-electron chi connectivity index (χ0n) is 22.3. The number of amides is 1. The van der Waals surface area contributed by atoms with Crippen LogP contribution in [0.3, 0.4) is 0 Å². The molecule has 0 bridgehead atoms. The van der Waals surface area contributed by atoms with Crippen molar-refractivity contribution in [3.63, 3.8) is 0 Å². The van der Waals surface area contributed by atoms with Gasteiger partial charge in [0.15, 0.2) is 0 Å². The van der Waals surface area contributed by atoms with Gasteiger partial charge in [0.1, 0.15) is 17.7 Å². The average Bonchev–Trinajstić information content (AvgIpc) is 3.33. The van der Waals surface area contributed by atoms with Crippen LogP contribution >= 0.6 is 0 Å². The van der Waals surface area contributed by atoms with E-state index >= 15 is 0 Å². The highest BCUT2D eigenvalue weighted by Crippen LogP contribution is 2.39. The summed E-state index contributed by atoms with van der Waals surface area (Å²) in [5.74, 6) is -1.31. The first-order valence-corrected chi connectivity index (χ1v) is 13.5. The molecule has 6 rings (SSSR count). The number of nitrogens with one attached hydrogen (secondary N) is 2. The molecule has 4 aromatic rings. The standard InChI is InChI=1S/C30H28F4N6O/c1-18-27(29(41)37-22-7-5-21-16-35-10-9-19(21)13-22)28(20-6-8-24(25(31)14-20)30(32,33)34)40-26(36-18)15-23(38-40)17-39-11-3-2-4-12-39/h5-10,13-16,28,36H,2-4,11-12,17H2,1H3,(H,37,41). The van der Waals surface area contributed by atoms with E-state index in [1.165, 1.54) is 12.5 Å². The molecule has 2 aliphatic heterocycles. The Morgan fingerprint density at radius 2 is 1.85 bits per heavy atom. The molecular formula is C30H28F4N6O. The van der Waals surface area contributed by atoms with Crippen molar-refractivity contribution in [1.82, 2.24) is 19.7 Å². The third-order valence-corrected chi connectivity index (χ3v) is 7.62. The molecule has 4 heterocycles. The summed E-state index contributed by atoms with van der Waals surface area (Å²) < 4.78 is 56.5. The summed E-state index contributed by atoms with van der Waals surface area (Å²) >= 11 is 0. The Balaban J connectivity index is 1.39. The maximum absolute atomic E-state index is 14.8. The van der Waals surface area contributed by atoms with Crippen molar-refractivity contribution < 1.29 is 22.4 Å². The number of nitrogens with zero attached hydrogens (tertiary/aromatic N) is 4. The molecule has 0 aliphatic carbocycles. The van der Waals surface area contributed by atoms with Crippen LogP contribution in [0.5, 0.6) is 0 Å². The summed E-state index contributed by atoms with van der Waals surface area (Å²) in [6.07, 6.45) is 1.93. The van der Waals surface area contributed by atoms with Crippen LogP contribution in [0, 0.1) is 5.82 Å². The SMILES string of the molecule is CC1=C(C(=O)Nc2ccc3cnccc3c2)C(c2ccc(C(F)(F)F)c(F)c2)n2nc(CN3CCCCC3)cc2N1. The third-order valence-electron chi connectivity index (χ3n) is 7.62. The topological polar surface area (TPSA) is 75.1 Å². The Morgan fingerprint density at radius 1 is 1.05 bits per heavy atom. The number of carbonyl (C=O) groups excluding carboxylic acids is 1. The molecule has 2 aromatic carbocycles.